The summed E-state index contributed by atoms with van der Waals surface area (Å²) in [6.07, 6.45) is 1.09. The smallest absolute Gasteiger partial charge is 0.0721 e. The molecule has 1 rings (SSSR count). The quantitative estimate of drug-likeness (QED) is 0.554. The lowest BCUT2D eigenvalue weighted by Crippen LogP contribution is -2.43. The maximum atomic E-state index is 5.73. The molecule has 0 aliphatic rings. The van der Waals surface area contributed by atoms with Crippen LogP contribution in [0.2, 0.25) is 0 Å². The number of nitrogens with one attached hydrogen (secondary N) is 1. The number of ether oxygens (including phenoxy) is 1. The molecule has 0 saturated heterocycles. The molecule has 84 valence electrons. The van der Waals surface area contributed by atoms with Gasteiger partial charge < -0.3 is 4.74 Å². The van der Waals surface area contributed by atoms with Crippen molar-refractivity contribution in [3.63, 3.8) is 0 Å². The number of rotatable bonds is 6. The van der Waals surface area contributed by atoms with Gasteiger partial charge in [-0.05, 0) is 18.9 Å². The van der Waals surface area contributed by atoms with Crippen LogP contribution in [-0.2, 0) is 11.3 Å². The highest BCUT2D eigenvalue weighted by molar-refractivity contribution is 5.13. The van der Waals surface area contributed by atoms with Gasteiger partial charge in [-0.15, -0.1) is 0 Å². The van der Waals surface area contributed by atoms with E-state index < -0.39 is 0 Å². The summed E-state index contributed by atoms with van der Waals surface area (Å²) >= 11 is 0. The van der Waals surface area contributed by atoms with Crippen LogP contribution in [0.1, 0.15) is 25.8 Å². The second-order valence-electron chi connectivity index (χ2n) is 3.68. The SMILES string of the molecule is CC[C@@H](NN)C(C)OCc1ccccc1. The molecule has 0 bridgehead atoms. The number of benzene rings is 1. The topological polar surface area (TPSA) is 47.3 Å². The average Bonchev–Trinajstić information content (AvgIpc) is 2.29. The summed E-state index contributed by atoms with van der Waals surface area (Å²) in [7, 11) is 0. The molecule has 1 aromatic rings. The summed E-state index contributed by atoms with van der Waals surface area (Å²) in [6, 6.07) is 10.4. The lowest BCUT2D eigenvalue weighted by Gasteiger charge is -2.22. The Morgan fingerprint density at radius 3 is 2.53 bits per heavy atom. The van der Waals surface area contributed by atoms with Crippen molar-refractivity contribution in [2.24, 2.45) is 5.84 Å². The van der Waals surface area contributed by atoms with Crippen molar-refractivity contribution in [1.29, 1.82) is 0 Å². The molecule has 1 unspecified atom stereocenters. The molecular weight excluding hydrogens is 188 g/mol. The highest BCUT2D eigenvalue weighted by atomic mass is 16.5. The van der Waals surface area contributed by atoms with Crippen molar-refractivity contribution >= 4 is 0 Å². The van der Waals surface area contributed by atoms with E-state index in [1.165, 1.54) is 5.56 Å². The van der Waals surface area contributed by atoms with Crippen LogP contribution in [0.3, 0.4) is 0 Å². The van der Waals surface area contributed by atoms with Crippen molar-refractivity contribution in [2.75, 3.05) is 0 Å². The maximum absolute atomic E-state index is 5.73. The predicted molar refractivity (Wildman–Crippen MR) is 62.1 cm³/mol. The Balaban J connectivity index is 2.36. The first kappa shape index (κ1) is 12.2. The number of hydrogen-bond acceptors (Lipinski definition) is 3. The first-order valence-electron chi connectivity index (χ1n) is 5.39. The Morgan fingerprint density at radius 1 is 1.33 bits per heavy atom. The molecule has 0 fully saturated rings. The van der Waals surface area contributed by atoms with Crippen LogP contribution in [0.4, 0.5) is 0 Å². The van der Waals surface area contributed by atoms with Crippen LogP contribution in [0.25, 0.3) is 0 Å². The van der Waals surface area contributed by atoms with Crippen molar-refractivity contribution < 1.29 is 4.74 Å². The second-order valence-corrected chi connectivity index (χ2v) is 3.68. The summed E-state index contributed by atoms with van der Waals surface area (Å²) in [5.41, 5.74) is 3.95. The normalized spacial score (nSPS) is 14.9. The van der Waals surface area contributed by atoms with Crippen molar-refractivity contribution in [1.82, 2.24) is 5.43 Å². The summed E-state index contributed by atoms with van der Waals surface area (Å²) in [5, 5.41) is 0. The monoisotopic (exact) mass is 208 g/mol. The van der Waals surface area contributed by atoms with E-state index in [9.17, 15) is 0 Å². The summed E-state index contributed by atoms with van der Waals surface area (Å²) in [5.74, 6) is 5.42. The van der Waals surface area contributed by atoms with Gasteiger partial charge in [0.2, 0.25) is 0 Å². The predicted octanol–water partition coefficient (Wildman–Crippen LogP) is 1.83. The minimum atomic E-state index is 0.125. The fourth-order valence-corrected chi connectivity index (χ4v) is 1.50. The number of nitrogens with two attached hydrogens (primary N) is 1. The van der Waals surface area contributed by atoms with Crippen LogP contribution in [-0.4, -0.2) is 12.1 Å². The van der Waals surface area contributed by atoms with Gasteiger partial charge in [-0.1, -0.05) is 37.3 Å². The van der Waals surface area contributed by atoms with E-state index in [1.807, 2.05) is 25.1 Å². The van der Waals surface area contributed by atoms with Crippen LogP contribution in [0.5, 0.6) is 0 Å². The Kier molecular flexibility index (Phi) is 5.32. The van der Waals surface area contributed by atoms with Crippen LogP contribution < -0.4 is 11.3 Å². The van der Waals surface area contributed by atoms with Gasteiger partial charge in [-0.2, -0.15) is 0 Å². The average molecular weight is 208 g/mol. The Morgan fingerprint density at radius 2 is 2.00 bits per heavy atom. The van der Waals surface area contributed by atoms with Gasteiger partial charge >= 0.3 is 0 Å². The molecular formula is C12H20N2O. The molecule has 3 nitrogen and oxygen atoms in total. The van der Waals surface area contributed by atoms with E-state index in [0.29, 0.717) is 6.61 Å². The molecule has 1 aromatic carbocycles. The highest BCUT2D eigenvalue weighted by Gasteiger charge is 2.13. The van der Waals surface area contributed by atoms with Crippen molar-refractivity contribution in [2.45, 2.75) is 39.0 Å². The van der Waals surface area contributed by atoms with Crippen LogP contribution in [0, 0.1) is 0 Å². The molecule has 2 atom stereocenters. The van der Waals surface area contributed by atoms with Gasteiger partial charge in [0.05, 0.1) is 12.7 Å². The van der Waals surface area contributed by atoms with E-state index in [-0.39, 0.29) is 12.1 Å². The Labute approximate surface area is 91.6 Å². The first-order valence-corrected chi connectivity index (χ1v) is 5.39. The van der Waals surface area contributed by atoms with E-state index >= 15 is 0 Å². The molecule has 0 aliphatic heterocycles. The van der Waals surface area contributed by atoms with Gasteiger partial charge in [0.1, 0.15) is 0 Å². The fourth-order valence-electron chi connectivity index (χ4n) is 1.50. The third-order valence-electron chi connectivity index (χ3n) is 2.58. The molecule has 0 saturated carbocycles. The molecule has 3 heteroatoms. The third kappa shape index (κ3) is 4.00. The van der Waals surface area contributed by atoms with Crippen molar-refractivity contribution in [3.8, 4) is 0 Å². The van der Waals surface area contributed by atoms with Crippen LogP contribution in [0.15, 0.2) is 30.3 Å². The fraction of sp³-hybridized carbons (Fsp3) is 0.500. The van der Waals surface area contributed by atoms with Gasteiger partial charge in [0, 0.05) is 6.04 Å². The summed E-state index contributed by atoms with van der Waals surface area (Å²) in [4.78, 5) is 0. The standard InChI is InChI=1S/C12H20N2O/c1-3-12(14-13)10(2)15-9-11-7-5-4-6-8-11/h4-8,10,12,14H,3,9,13H2,1-2H3/t10?,12-/m1/s1. The number of hydrogen-bond donors (Lipinski definition) is 2. The molecule has 0 amide bonds. The molecule has 0 radical (unpaired) electrons. The van der Waals surface area contributed by atoms with E-state index in [1.54, 1.807) is 0 Å². The van der Waals surface area contributed by atoms with Gasteiger partial charge in [-0.3, -0.25) is 11.3 Å². The number of hydrazine groups is 1. The summed E-state index contributed by atoms with van der Waals surface area (Å²) < 4.78 is 5.73. The van der Waals surface area contributed by atoms with Gasteiger partial charge in [0.25, 0.3) is 0 Å². The highest BCUT2D eigenvalue weighted by Crippen LogP contribution is 2.07. The molecule has 0 heterocycles. The van der Waals surface area contributed by atoms with E-state index in [4.69, 9.17) is 10.6 Å². The first-order chi connectivity index (χ1) is 7.27. The zero-order valence-electron chi connectivity index (χ0n) is 9.44. The lowest BCUT2D eigenvalue weighted by molar-refractivity contribution is 0.0261. The van der Waals surface area contributed by atoms with Gasteiger partial charge in [-0.25, -0.2) is 0 Å². The zero-order chi connectivity index (χ0) is 11.1. The molecule has 0 aliphatic carbocycles. The zero-order valence-corrected chi connectivity index (χ0v) is 9.44. The van der Waals surface area contributed by atoms with E-state index in [2.05, 4.69) is 24.5 Å². The Bertz CT molecular complexity index is 260. The second kappa shape index (κ2) is 6.56. The van der Waals surface area contributed by atoms with Crippen LogP contribution >= 0.6 is 0 Å². The molecule has 15 heavy (non-hydrogen) atoms. The van der Waals surface area contributed by atoms with Gasteiger partial charge in [0.15, 0.2) is 0 Å². The third-order valence-corrected chi connectivity index (χ3v) is 2.58. The molecule has 0 aromatic heterocycles. The Hall–Kier alpha value is -0.900. The largest absolute Gasteiger partial charge is 0.372 e. The minimum Gasteiger partial charge on any atom is -0.372 e. The van der Waals surface area contributed by atoms with Crippen molar-refractivity contribution in [3.05, 3.63) is 35.9 Å². The molecule has 0 spiro atoms. The van der Waals surface area contributed by atoms with E-state index in [0.717, 1.165) is 6.42 Å². The minimum absolute atomic E-state index is 0.125. The summed E-state index contributed by atoms with van der Waals surface area (Å²) in [6.45, 7) is 4.77. The maximum Gasteiger partial charge on any atom is 0.0721 e. The molecule has 3 N–H and O–H groups in total. The lowest BCUT2D eigenvalue weighted by atomic mass is 10.1.